The predicted octanol–water partition coefficient (Wildman–Crippen LogP) is 2.27. The van der Waals surface area contributed by atoms with Crippen molar-refractivity contribution in [2.75, 3.05) is 13.1 Å². The summed E-state index contributed by atoms with van der Waals surface area (Å²) in [6.07, 6.45) is 0. The first-order chi connectivity index (χ1) is 8.06. The molecule has 0 radical (unpaired) electrons. The minimum atomic E-state index is 0.117. The van der Waals surface area contributed by atoms with Gasteiger partial charge in [-0.3, -0.25) is 4.79 Å². The molecule has 2 atom stereocenters. The van der Waals surface area contributed by atoms with E-state index in [1.807, 2.05) is 29.2 Å². The smallest absolute Gasteiger partial charge is 0.253 e. The molecule has 1 heterocycles. The van der Waals surface area contributed by atoms with Gasteiger partial charge in [0, 0.05) is 35.2 Å². The van der Waals surface area contributed by atoms with E-state index in [4.69, 9.17) is 0 Å². The summed E-state index contributed by atoms with van der Waals surface area (Å²) in [6, 6.07) is 8.28. The number of amides is 1. The quantitative estimate of drug-likeness (QED) is 0.862. The highest BCUT2D eigenvalue weighted by molar-refractivity contribution is 9.10. The maximum atomic E-state index is 12.3. The number of benzene rings is 1. The lowest BCUT2D eigenvalue weighted by Crippen LogP contribution is -2.55. The van der Waals surface area contributed by atoms with Crippen molar-refractivity contribution in [3.8, 4) is 0 Å². The van der Waals surface area contributed by atoms with E-state index in [2.05, 4.69) is 35.1 Å². The molecule has 0 bridgehead atoms. The van der Waals surface area contributed by atoms with Crippen molar-refractivity contribution in [1.82, 2.24) is 10.2 Å². The van der Waals surface area contributed by atoms with E-state index >= 15 is 0 Å². The number of hydrogen-bond donors (Lipinski definition) is 1. The van der Waals surface area contributed by atoms with Gasteiger partial charge in [0.2, 0.25) is 0 Å². The Morgan fingerprint density at radius 2 is 2.00 bits per heavy atom. The van der Waals surface area contributed by atoms with Crippen LogP contribution >= 0.6 is 15.9 Å². The molecule has 0 aliphatic carbocycles. The maximum absolute atomic E-state index is 12.3. The highest BCUT2D eigenvalue weighted by Crippen LogP contribution is 2.15. The minimum Gasteiger partial charge on any atom is -0.336 e. The Balaban J connectivity index is 2.14. The Morgan fingerprint density at radius 1 is 1.35 bits per heavy atom. The topological polar surface area (TPSA) is 32.3 Å². The molecule has 0 saturated carbocycles. The number of hydrogen-bond acceptors (Lipinski definition) is 2. The molecule has 1 aromatic carbocycles. The fraction of sp³-hybridized carbons (Fsp3) is 0.462. The Kier molecular flexibility index (Phi) is 3.84. The molecule has 1 aliphatic rings. The highest BCUT2D eigenvalue weighted by atomic mass is 79.9. The number of carbonyl (C=O) groups is 1. The van der Waals surface area contributed by atoms with E-state index in [1.54, 1.807) is 0 Å². The molecule has 2 unspecified atom stereocenters. The van der Waals surface area contributed by atoms with Crippen molar-refractivity contribution >= 4 is 21.8 Å². The lowest BCUT2D eigenvalue weighted by atomic mass is 10.1. The van der Waals surface area contributed by atoms with Gasteiger partial charge >= 0.3 is 0 Å². The van der Waals surface area contributed by atoms with Crippen molar-refractivity contribution in [3.63, 3.8) is 0 Å². The predicted molar refractivity (Wildman–Crippen MR) is 72.1 cm³/mol. The number of piperazine rings is 1. The summed E-state index contributed by atoms with van der Waals surface area (Å²) in [5.74, 6) is 0.117. The second-order valence-electron chi connectivity index (χ2n) is 4.69. The van der Waals surface area contributed by atoms with Gasteiger partial charge in [0.1, 0.15) is 0 Å². The molecular formula is C13H17BrN2O. The van der Waals surface area contributed by atoms with Crippen molar-refractivity contribution in [2.45, 2.75) is 25.9 Å². The summed E-state index contributed by atoms with van der Waals surface area (Å²) in [5, 5.41) is 3.42. The monoisotopic (exact) mass is 296 g/mol. The van der Waals surface area contributed by atoms with Crippen LogP contribution in [0.3, 0.4) is 0 Å². The largest absolute Gasteiger partial charge is 0.336 e. The zero-order valence-electron chi connectivity index (χ0n) is 10.1. The van der Waals surface area contributed by atoms with E-state index in [9.17, 15) is 4.79 Å². The highest BCUT2D eigenvalue weighted by Gasteiger charge is 2.25. The summed E-state index contributed by atoms with van der Waals surface area (Å²) in [7, 11) is 0. The Morgan fingerprint density at radius 3 is 2.59 bits per heavy atom. The zero-order valence-corrected chi connectivity index (χ0v) is 11.7. The molecule has 1 N–H and O–H groups in total. The third-order valence-corrected chi connectivity index (χ3v) is 3.41. The van der Waals surface area contributed by atoms with Crippen molar-refractivity contribution in [1.29, 1.82) is 0 Å². The van der Waals surface area contributed by atoms with Crippen LogP contribution in [-0.4, -0.2) is 36.0 Å². The minimum absolute atomic E-state index is 0.117. The van der Waals surface area contributed by atoms with E-state index in [0.29, 0.717) is 12.1 Å². The molecule has 1 aliphatic heterocycles. The van der Waals surface area contributed by atoms with Crippen molar-refractivity contribution < 1.29 is 4.79 Å². The molecule has 0 aromatic heterocycles. The first-order valence-corrected chi connectivity index (χ1v) is 6.66. The van der Waals surface area contributed by atoms with Gasteiger partial charge in [0.15, 0.2) is 0 Å². The summed E-state index contributed by atoms with van der Waals surface area (Å²) >= 11 is 3.40. The van der Waals surface area contributed by atoms with Crippen LogP contribution in [0.5, 0.6) is 0 Å². The molecule has 1 saturated heterocycles. The molecule has 3 nitrogen and oxygen atoms in total. The van der Waals surface area contributed by atoms with Crippen LogP contribution in [0.1, 0.15) is 24.2 Å². The number of rotatable bonds is 1. The van der Waals surface area contributed by atoms with Gasteiger partial charge in [-0.2, -0.15) is 0 Å². The van der Waals surface area contributed by atoms with Gasteiger partial charge in [-0.25, -0.2) is 0 Å². The van der Waals surface area contributed by atoms with Crippen LogP contribution in [0.2, 0.25) is 0 Å². The third kappa shape index (κ3) is 3.07. The summed E-state index contributed by atoms with van der Waals surface area (Å²) < 4.78 is 0.944. The van der Waals surface area contributed by atoms with Gasteiger partial charge < -0.3 is 10.2 Å². The standard InChI is InChI=1S/C13H17BrN2O/c1-9-7-16(8-10(2)15-9)13(17)11-4-3-5-12(14)6-11/h3-6,9-10,15H,7-8H2,1-2H3. The van der Waals surface area contributed by atoms with Gasteiger partial charge in [0.05, 0.1) is 0 Å². The molecule has 1 fully saturated rings. The fourth-order valence-corrected chi connectivity index (χ4v) is 2.70. The van der Waals surface area contributed by atoms with E-state index in [-0.39, 0.29) is 5.91 Å². The molecule has 1 amide bonds. The van der Waals surface area contributed by atoms with E-state index in [1.165, 1.54) is 0 Å². The van der Waals surface area contributed by atoms with Crippen LogP contribution < -0.4 is 5.32 Å². The van der Waals surface area contributed by atoms with Gasteiger partial charge in [-0.05, 0) is 32.0 Å². The zero-order chi connectivity index (χ0) is 12.4. The average molecular weight is 297 g/mol. The number of halogens is 1. The summed E-state index contributed by atoms with van der Waals surface area (Å²) in [6.45, 7) is 5.76. The van der Waals surface area contributed by atoms with Crippen LogP contribution in [0, 0.1) is 0 Å². The fourth-order valence-electron chi connectivity index (χ4n) is 2.30. The Hall–Kier alpha value is -0.870. The van der Waals surface area contributed by atoms with Gasteiger partial charge in [-0.15, -0.1) is 0 Å². The second kappa shape index (κ2) is 5.19. The average Bonchev–Trinajstić information content (AvgIpc) is 2.26. The van der Waals surface area contributed by atoms with Crippen molar-refractivity contribution in [2.24, 2.45) is 0 Å². The normalized spacial score (nSPS) is 24.8. The first-order valence-electron chi connectivity index (χ1n) is 5.87. The summed E-state index contributed by atoms with van der Waals surface area (Å²) in [4.78, 5) is 14.2. The molecule has 1 aromatic rings. The van der Waals surface area contributed by atoms with Gasteiger partial charge in [0.25, 0.3) is 5.91 Å². The molecule has 2 rings (SSSR count). The molecule has 0 spiro atoms. The van der Waals surface area contributed by atoms with Gasteiger partial charge in [-0.1, -0.05) is 22.0 Å². The summed E-state index contributed by atoms with van der Waals surface area (Å²) in [5.41, 5.74) is 0.751. The van der Waals surface area contributed by atoms with Crippen LogP contribution in [0.25, 0.3) is 0 Å². The van der Waals surface area contributed by atoms with Crippen LogP contribution in [0.4, 0.5) is 0 Å². The lowest BCUT2D eigenvalue weighted by Gasteiger charge is -2.36. The molecule has 4 heteroatoms. The molecule has 17 heavy (non-hydrogen) atoms. The number of nitrogens with zero attached hydrogens (tertiary/aromatic N) is 1. The van der Waals surface area contributed by atoms with E-state index < -0.39 is 0 Å². The number of nitrogens with one attached hydrogen (secondary N) is 1. The molecular weight excluding hydrogens is 280 g/mol. The lowest BCUT2D eigenvalue weighted by molar-refractivity contribution is 0.0673. The van der Waals surface area contributed by atoms with Crippen LogP contribution in [0.15, 0.2) is 28.7 Å². The van der Waals surface area contributed by atoms with Crippen molar-refractivity contribution in [3.05, 3.63) is 34.3 Å². The molecule has 92 valence electrons. The first kappa shape index (κ1) is 12.6. The Bertz CT molecular complexity index is 412. The maximum Gasteiger partial charge on any atom is 0.253 e. The van der Waals surface area contributed by atoms with E-state index in [0.717, 1.165) is 23.1 Å². The third-order valence-electron chi connectivity index (χ3n) is 2.92. The van der Waals surface area contributed by atoms with Crippen LogP contribution in [-0.2, 0) is 0 Å². The number of carbonyl (C=O) groups excluding carboxylic acids is 1. The Labute approximate surface area is 110 Å². The second-order valence-corrected chi connectivity index (χ2v) is 5.60. The SMILES string of the molecule is CC1CN(C(=O)c2cccc(Br)c2)CC(C)N1.